The summed E-state index contributed by atoms with van der Waals surface area (Å²) in [5, 5.41) is 27.8. The largest absolute Gasteiger partial charge is 0.365 e. The van der Waals surface area contributed by atoms with Crippen LogP contribution in [0.3, 0.4) is 0 Å². The van der Waals surface area contributed by atoms with E-state index in [4.69, 9.17) is 11.5 Å². The van der Waals surface area contributed by atoms with Crippen LogP contribution in [0, 0.1) is 11.3 Å². The summed E-state index contributed by atoms with van der Waals surface area (Å²) < 4.78 is 0. The first-order valence-electron chi connectivity index (χ1n) is 12.3. The molecule has 6 N–H and O–H groups in total. The SMILES string of the molecule is C[C@H](CC1(c2nn[nH]n2)c2cc(C(N)=O)sc2CCc2sc(C(N)=O)cc21)NCC(=O)N1CCC[C@H]1C#N. The third-order valence-corrected chi connectivity index (χ3v) is 9.68. The van der Waals surface area contributed by atoms with Gasteiger partial charge in [0.15, 0.2) is 5.82 Å². The first-order chi connectivity index (χ1) is 18.2. The lowest BCUT2D eigenvalue weighted by Crippen LogP contribution is -2.45. The van der Waals surface area contributed by atoms with Crippen molar-refractivity contribution in [3.8, 4) is 6.07 Å². The number of nitrogens with two attached hydrogens (primary N) is 2. The van der Waals surface area contributed by atoms with E-state index in [9.17, 15) is 19.6 Å². The summed E-state index contributed by atoms with van der Waals surface area (Å²) in [4.78, 5) is 41.6. The minimum absolute atomic E-state index is 0.0632. The smallest absolute Gasteiger partial charge is 0.258 e. The number of tetrazole rings is 1. The summed E-state index contributed by atoms with van der Waals surface area (Å²) in [5.41, 5.74) is 12.0. The van der Waals surface area contributed by atoms with Gasteiger partial charge in [-0.1, -0.05) is 5.21 Å². The molecule has 1 saturated heterocycles. The summed E-state index contributed by atoms with van der Waals surface area (Å²) in [6.07, 6.45) is 3.18. The van der Waals surface area contributed by atoms with Gasteiger partial charge < -0.3 is 21.7 Å². The number of nitriles is 1. The molecule has 2 aliphatic rings. The Bertz CT molecular complexity index is 1360. The molecule has 3 aromatic rings. The molecular weight excluding hydrogens is 526 g/mol. The zero-order valence-electron chi connectivity index (χ0n) is 20.7. The van der Waals surface area contributed by atoms with Crippen LogP contribution in [0.15, 0.2) is 12.1 Å². The fraction of sp³-hybridized carbons (Fsp3) is 0.458. The molecule has 1 aliphatic carbocycles. The van der Waals surface area contributed by atoms with E-state index in [1.54, 1.807) is 17.0 Å². The van der Waals surface area contributed by atoms with Crippen molar-refractivity contribution in [2.45, 2.75) is 56.5 Å². The van der Waals surface area contributed by atoms with E-state index in [-0.39, 0.29) is 18.5 Å². The molecular formula is C24H27N9O3S2. The number of primary amides is 2. The lowest BCUT2D eigenvalue weighted by molar-refractivity contribution is -0.130. The van der Waals surface area contributed by atoms with Crippen LogP contribution in [-0.4, -0.2) is 68.4 Å². The number of thiophene rings is 2. The van der Waals surface area contributed by atoms with Crippen molar-refractivity contribution < 1.29 is 14.4 Å². The highest BCUT2D eigenvalue weighted by molar-refractivity contribution is 7.15. The number of hydrogen-bond acceptors (Lipinski definition) is 10. The van der Waals surface area contributed by atoms with E-state index in [2.05, 4.69) is 32.0 Å². The maximum atomic E-state index is 12.9. The molecule has 198 valence electrons. The second-order valence-electron chi connectivity index (χ2n) is 9.62. The molecule has 1 aliphatic heterocycles. The van der Waals surface area contributed by atoms with E-state index in [0.717, 1.165) is 27.3 Å². The molecule has 0 spiro atoms. The van der Waals surface area contributed by atoms with Crippen molar-refractivity contribution in [3.05, 3.63) is 48.6 Å². The monoisotopic (exact) mass is 553 g/mol. The molecule has 38 heavy (non-hydrogen) atoms. The fourth-order valence-corrected chi connectivity index (χ4v) is 7.74. The Morgan fingerprint density at radius 2 is 1.84 bits per heavy atom. The molecule has 0 saturated carbocycles. The average Bonchev–Trinajstić information content (AvgIpc) is 3.70. The van der Waals surface area contributed by atoms with Gasteiger partial charge in [-0.25, -0.2) is 0 Å². The molecule has 0 radical (unpaired) electrons. The van der Waals surface area contributed by atoms with Gasteiger partial charge in [-0.3, -0.25) is 14.4 Å². The van der Waals surface area contributed by atoms with Crippen LogP contribution < -0.4 is 16.8 Å². The van der Waals surface area contributed by atoms with Gasteiger partial charge >= 0.3 is 0 Å². The summed E-state index contributed by atoms with van der Waals surface area (Å²) in [6, 6.07) is 5.14. The van der Waals surface area contributed by atoms with Crippen molar-refractivity contribution in [2.75, 3.05) is 13.1 Å². The van der Waals surface area contributed by atoms with E-state index in [1.165, 1.54) is 22.7 Å². The maximum absolute atomic E-state index is 12.9. The molecule has 2 atom stereocenters. The highest BCUT2D eigenvalue weighted by Gasteiger charge is 2.47. The van der Waals surface area contributed by atoms with Crippen LogP contribution in [0.2, 0.25) is 0 Å². The number of fused-ring (bicyclic) bond motifs is 2. The number of nitrogens with one attached hydrogen (secondary N) is 2. The molecule has 4 heterocycles. The molecule has 0 aromatic carbocycles. The molecule has 0 unspecified atom stereocenters. The topological polar surface area (TPSA) is 197 Å². The number of aromatic amines is 1. The van der Waals surface area contributed by atoms with Crippen LogP contribution in [0.4, 0.5) is 0 Å². The number of amides is 3. The number of rotatable bonds is 8. The van der Waals surface area contributed by atoms with Gasteiger partial charge in [0.05, 0.1) is 27.8 Å². The minimum Gasteiger partial charge on any atom is -0.365 e. The van der Waals surface area contributed by atoms with Crippen molar-refractivity contribution in [2.24, 2.45) is 11.5 Å². The first-order valence-corrected chi connectivity index (χ1v) is 13.9. The van der Waals surface area contributed by atoms with Gasteiger partial charge in [-0.15, -0.1) is 32.9 Å². The van der Waals surface area contributed by atoms with Crippen LogP contribution in [0.25, 0.3) is 0 Å². The highest BCUT2D eigenvalue weighted by atomic mass is 32.1. The Hall–Kier alpha value is -3.67. The van der Waals surface area contributed by atoms with E-state index in [0.29, 0.717) is 47.8 Å². The van der Waals surface area contributed by atoms with E-state index >= 15 is 0 Å². The van der Waals surface area contributed by atoms with Crippen molar-refractivity contribution in [1.82, 2.24) is 30.8 Å². The first kappa shape index (κ1) is 26.0. The number of aromatic nitrogens is 4. The zero-order valence-corrected chi connectivity index (χ0v) is 22.3. The number of hydrogen-bond donors (Lipinski definition) is 4. The summed E-state index contributed by atoms with van der Waals surface area (Å²) >= 11 is 2.69. The molecule has 14 heteroatoms. The third-order valence-electron chi connectivity index (χ3n) is 7.27. The number of aryl methyl sites for hydroxylation is 2. The molecule has 3 amide bonds. The van der Waals surface area contributed by atoms with Gasteiger partial charge in [0.25, 0.3) is 11.8 Å². The summed E-state index contributed by atoms with van der Waals surface area (Å²) in [7, 11) is 0. The number of carbonyl (C=O) groups excluding carboxylic acids is 3. The fourth-order valence-electron chi connectivity index (χ4n) is 5.55. The molecule has 3 aromatic heterocycles. The lowest BCUT2D eigenvalue weighted by Gasteiger charge is -2.34. The summed E-state index contributed by atoms with van der Waals surface area (Å²) in [5.74, 6) is -0.797. The predicted molar refractivity (Wildman–Crippen MR) is 140 cm³/mol. The quantitative estimate of drug-likeness (QED) is 0.314. The van der Waals surface area contributed by atoms with Gasteiger partial charge in [-0.2, -0.15) is 10.5 Å². The Morgan fingerprint density at radius 1 is 1.21 bits per heavy atom. The Morgan fingerprint density at radius 3 is 2.37 bits per heavy atom. The predicted octanol–water partition coefficient (Wildman–Crippen LogP) is 0.836. The van der Waals surface area contributed by atoms with E-state index < -0.39 is 23.3 Å². The molecule has 12 nitrogen and oxygen atoms in total. The highest BCUT2D eigenvalue weighted by Crippen LogP contribution is 2.50. The second kappa shape index (κ2) is 10.2. The average molecular weight is 554 g/mol. The number of nitrogens with zero attached hydrogens (tertiary/aromatic N) is 5. The van der Waals surface area contributed by atoms with Gasteiger partial charge in [0.1, 0.15) is 6.04 Å². The molecule has 5 rings (SSSR count). The van der Waals surface area contributed by atoms with Crippen LogP contribution >= 0.6 is 22.7 Å². The Labute approximate surface area is 226 Å². The van der Waals surface area contributed by atoms with Gasteiger partial charge in [0, 0.05) is 22.3 Å². The minimum atomic E-state index is -0.985. The third kappa shape index (κ3) is 4.46. The van der Waals surface area contributed by atoms with Crippen molar-refractivity contribution in [3.63, 3.8) is 0 Å². The Kier molecular flexibility index (Phi) is 6.99. The van der Waals surface area contributed by atoms with Crippen LogP contribution in [0.5, 0.6) is 0 Å². The number of H-pyrrole nitrogens is 1. The van der Waals surface area contributed by atoms with Gasteiger partial charge in [-0.05, 0) is 62.3 Å². The number of likely N-dealkylation sites (tertiary alicyclic amines) is 1. The standard InChI is InChI=1S/C24H27N9O3S2/c1-12(28-11-20(34)33-6-2-3-13(33)10-25)9-24(23-29-31-32-30-23)14-7-18(21(26)35)37-16(14)4-5-17-15(24)8-19(38-17)22(27)36/h7-8,12-13,28H,2-6,9,11H2,1H3,(H2,26,35)(H2,27,36)(H,29,30,31,32)/t12-,13+/m1/s1. The Balaban J connectivity index is 1.56. The van der Waals surface area contributed by atoms with Crippen LogP contribution in [0.1, 0.15) is 72.2 Å². The molecule has 1 fully saturated rings. The second-order valence-corrected chi connectivity index (χ2v) is 11.9. The lowest BCUT2D eigenvalue weighted by atomic mass is 9.70. The van der Waals surface area contributed by atoms with Crippen molar-refractivity contribution >= 4 is 40.4 Å². The van der Waals surface area contributed by atoms with Crippen LogP contribution in [-0.2, 0) is 23.1 Å². The molecule has 0 bridgehead atoms. The normalized spacial score (nSPS) is 18.7. The zero-order chi connectivity index (χ0) is 27.0. The van der Waals surface area contributed by atoms with Crippen molar-refractivity contribution in [1.29, 1.82) is 5.26 Å². The maximum Gasteiger partial charge on any atom is 0.258 e. The van der Waals surface area contributed by atoms with Gasteiger partial charge in [0.2, 0.25) is 5.91 Å². The van der Waals surface area contributed by atoms with E-state index in [1.807, 2.05) is 6.92 Å². The number of carbonyl (C=O) groups is 3. The summed E-state index contributed by atoms with van der Waals surface area (Å²) in [6.45, 7) is 2.59.